The van der Waals surface area contributed by atoms with Crippen molar-refractivity contribution in [1.29, 1.82) is 0 Å². The van der Waals surface area contributed by atoms with Crippen molar-refractivity contribution in [2.75, 3.05) is 34.4 Å². The summed E-state index contributed by atoms with van der Waals surface area (Å²) >= 11 is 0. The van der Waals surface area contributed by atoms with Crippen molar-refractivity contribution in [3.63, 3.8) is 0 Å². The van der Waals surface area contributed by atoms with Crippen molar-refractivity contribution >= 4 is 38.8 Å². The number of aromatic nitrogens is 2. The third-order valence-corrected chi connectivity index (χ3v) is 13.3. The van der Waals surface area contributed by atoms with Crippen molar-refractivity contribution < 1.29 is 37.0 Å². The van der Waals surface area contributed by atoms with Crippen LogP contribution in [0.15, 0.2) is 48.6 Å². The number of amides is 4. The van der Waals surface area contributed by atoms with Gasteiger partial charge in [-0.15, -0.1) is 0 Å². The van der Waals surface area contributed by atoms with Crippen LogP contribution in [0.3, 0.4) is 0 Å². The maximum Gasteiger partial charge on any atom is 0.320 e. The lowest BCUT2D eigenvalue weighted by Crippen LogP contribution is -2.58. The summed E-state index contributed by atoms with van der Waals surface area (Å²) in [5.74, 6) is 0.324. The van der Waals surface area contributed by atoms with Crippen molar-refractivity contribution in [1.82, 2.24) is 29.8 Å². The predicted molar refractivity (Wildman–Crippen MR) is 197 cm³/mol. The SMILES string of the molecule is COc1ccc(-c2nc(O[C@@H]3C[C@H]4C(=O)N[C@]5(C(=O)NS(=O)(=O)C6(C)CC6)C[C@@H]5/C=C\CCCCN(C)C(=O)N4C3)c3ccc(OC)c(C)c3n2)cc1. The molecule has 2 aliphatic carbocycles. The minimum absolute atomic E-state index is 0.0784. The van der Waals surface area contributed by atoms with E-state index in [2.05, 4.69) is 10.0 Å². The molecule has 4 atom stereocenters. The van der Waals surface area contributed by atoms with Crippen LogP contribution in [-0.2, 0) is 19.6 Å². The molecule has 2 saturated carbocycles. The first-order chi connectivity index (χ1) is 25.3. The van der Waals surface area contributed by atoms with Gasteiger partial charge in [0.25, 0.3) is 5.91 Å². The highest BCUT2D eigenvalue weighted by Crippen LogP contribution is 2.47. The molecule has 2 aromatic carbocycles. The topological polar surface area (TPSA) is 169 Å². The summed E-state index contributed by atoms with van der Waals surface area (Å²) in [7, 11) is 0.942. The summed E-state index contributed by atoms with van der Waals surface area (Å²) in [5.41, 5.74) is 0.693. The number of ether oxygens (including phenoxy) is 3. The highest BCUT2D eigenvalue weighted by atomic mass is 32.2. The van der Waals surface area contributed by atoms with Crippen LogP contribution in [-0.4, -0.2) is 103 Å². The molecule has 0 spiro atoms. The number of nitrogens with zero attached hydrogens (tertiary/aromatic N) is 4. The van der Waals surface area contributed by atoms with E-state index in [-0.39, 0.29) is 37.2 Å². The summed E-state index contributed by atoms with van der Waals surface area (Å²) in [4.78, 5) is 54.8. The molecule has 4 aliphatic rings. The normalized spacial score (nSPS) is 26.1. The van der Waals surface area contributed by atoms with Crippen LogP contribution in [0.4, 0.5) is 4.79 Å². The van der Waals surface area contributed by atoms with E-state index in [0.717, 1.165) is 30.4 Å². The molecule has 3 fully saturated rings. The molecule has 0 unspecified atom stereocenters. The van der Waals surface area contributed by atoms with E-state index in [1.165, 1.54) is 4.90 Å². The maximum absolute atomic E-state index is 14.3. The lowest BCUT2D eigenvalue weighted by atomic mass is 10.1. The number of hydrogen-bond acceptors (Lipinski definition) is 10. The maximum atomic E-state index is 14.3. The van der Waals surface area contributed by atoms with Gasteiger partial charge in [0.2, 0.25) is 21.8 Å². The summed E-state index contributed by atoms with van der Waals surface area (Å²) < 4.78 is 45.0. The second kappa shape index (κ2) is 13.8. The smallest absolute Gasteiger partial charge is 0.320 e. The zero-order valence-corrected chi connectivity index (χ0v) is 31.5. The van der Waals surface area contributed by atoms with Gasteiger partial charge in [0, 0.05) is 37.1 Å². The fourth-order valence-electron chi connectivity index (χ4n) is 7.22. The molecule has 1 aromatic heterocycles. The van der Waals surface area contributed by atoms with Gasteiger partial charge in [0.05, 0.1) is 36.4 Å². The molecule has 53 heavy (non-hydrogen) atoms. The molecule has 0 bridgehead atoms. The quantitative estimate of drug-likeness (QED) is 0.320. The number of allylic oxidation sites excluding steroid dienone is 1. The zero-order chi connectivity index (χ0) is 37.7. The number of fused-ring (bicyclic) bond motifs is 3. The Balaban J connectivity index is 1.21. The Morgan fingerprint density at radius 2 is 1.79 bits per heavy atom. The highest BCUT2D eigenvalue weighted by Gasteiger charge is 2.63. The summed E-state index contributed by atoms with van der Waals surface area (Å²) in [5, 5.41) is 3.55. The Morgan fingerprint density at radius 3 is 2.49 bits per heavy atom. The van der Waals surface area contributed by atoms with E-state index >= 15 is 0 Å². The Kier molecular flexibility index (Phi) is 9.49. The molecule has 0 radical (unpaired) electrons. The van der Waals surface area contributed by atoms with E-state index in [1.807, 2.05) is 55.5 Å². The van der Waals surface area contributed by atoms with Gasteiger partial charge in [-0.05, 0) is 88.8 Å². The molecule has 7 rings (SSSR count). The number of carbonyl (C=O) groups excluding carboxylic acids is 3. The molecule has 3 heterocycles. The first-order valence-electron chi connectivity index (χ1n) is 18.0. The van der Waals surface area contributed by atoms with Crippen molar-refractivity contribution in [3.8, 4) is 28.8 Å². The summed E-state index contributed by atoms with van der Waals surface area (Å²) in [6, 6.07) is 9.64. The lowest BCUT2D eigenvalue weighted by molar-refractivity contribution is -0.131. The monoisotopic (exact) mass is 746 g/mol. The molecule has 4 amide bonds. The number of rotatable bonds is 8. The van der Waals surface area contributed by atoms with E-state index in [4.69, 9.17) is 24.2 Å². The van der Waals surface area contributed by atoms with Crippen LogP contribution in [0.25, 0.3) is 22.3 Å². The Labute approximate surface area is 309 Å². The molecule has 3 aromatic rings. The largest absolute Gasteiger partial charge is 0.497 e. The van der Waals surface area contributed by atoms with Crippen LogP contribution in [0.5, 0.6) is 17.4 Å². The number of nitrogens with one attached hydrogen (secondary N) is 2. The second-order valence-corrected chi connectivity index (χ2v) is 17.0. The number of hydrogen-bond donors (Lipinski definition) is 2. The number of urea groups is 1. The van der Waals surface area contributed by atoms with Gasteiger partial charge in [-0.1, -0.05) is 12.2 Å². The van der Waals surface area contributed by atoms with Crippen LogP contribution in [0.2, 0.25) is 0 Å². The standard InChI is InChI=1S/C38H46N6O8S/c1-23-30(51-5)16-15-28-31(23)39-32(24-11-13-26(50-4)14-12-24)40-34(28)52-27-20-29-33(45)41-38(35(46)42-53(48,49)37(2)17-18-37)21-25(38)10-8-6-7-9-19-43(3)36(47)44(29)22-27/h8,10-16,25,27,29H,6-7,9,17-22H2,1-5H3,(H,41,45)(H,42,46)/b10-8-/t25-,27+,29-,38+/m0/s1. The van der Waals surface area contributed by atoms with E-state index in [1.54, 1.807) is 33.1 Å². The highest BCUT2D eigenvalue weighted by molar-refractivity contribution is 7.91. The third-order valence-electron chi connectivity index (χ3n) is 11.1. The Morgan fingerprint density at radius 1 is 1.04 bits per heavy atom. The number of aryl methyl sites for hydroxylation is 1. The van der Waals surface area contributed by atoms with Crippen LogP contribution in [0, 0.1) is 12.8 Å². The lowest BCUT2D eigenvalue weighted by Gasteiger charge is -2.30. The zero-order valence-electron chi connectivity index (χ0n) is 30.7. The van der Waals surface area contributed by atoms with Gasteiger partial charge in [-0.2, -0.15) is 4.98 Å². The minimum Gasteiger partial charge on any atom is -0.497 e. The van der Waals surface area contributed by atoms with E-state index < -0.39 is 44.3 Å². The van der Waals surface area contributed by atoms with Gasteiger partial charge >= 0.3 is 6.03 Å². The van der Waals surface area contributed by atoms with Crippen LogP contribution < -0.4 is 24.2 Å². The van der Waals surface area contributed by atoms with E-state index in [0.29, 0.717) is 47.6 Å². The number of benzene rings is 2. The molecular weight excluding hydrogens is 701 g/mol. The molecule has 282 valence electrons. The first-order valence-corrected chi connectivity index (χ1v) is 19.5. The Hall–Kier alpha value is -4.92. The fourth-order valence-corrected chi connectivity index (χ4v) is 8.53. The molecule has 15 heteroatoms. The molecule has 14 nitrogen and oxygen atoms in total. The number of methoxy groups -OCH3 is 2. The molecule has 2 aliphatic heterocycles. The van der Waals surface area contributed by atoms with Crippen molar-refractivity contribution in [3.05, 3.63) is 54.1 Å². The van der Waals surface area contributed by atoms with Crippen molar-refractivity contribution in [2.24, 2.45) is 5.92 Å². The van der Waals surface area contributed by atoms with Gasteiger partial charge < -0.3 is 29.3 Å². The number of carbonyl (C=O) groups is 3. The second-order valence-electron chi connectivity index (χ2n) is 14.8. The molecular formula is C38H46N6O8S. The van der Waals surface area contributed by atoms with Gasteiger partial charge in [-0.25, -0.2) is 18.2 Å². The van der Waals surface area contributed by atoms with Crippen molar-refractivity contribution in [2.45, 2.75) is 81.2 Å². The summed E-state index contributed by atoms with van der Waals surface area (Å²) in [6.07, 6.45) is 6.76. The Bertz CT molecular complexity index is 2090. The predicted octanol–water partition coefficient (Wildman–Crippen LogP) is 4.11. The fraction of sp³-hybridized carbons (Fsp3) is 0.500. The van der Waals surface area contributed by atoms with Crippen LogP contribution in [0.1, 0.15) is 57.4 Å². The van der Waals surface area contributed by atoms with Gasteiger partial charge in [0.15, 0.2) is 5.82 Å². The summed E-state index contributed by atoms with van der Waals surface area (Å²) in [6.45, 7) is 4.09. The van der Waals surface area contributed by atoms with E-state index in [9.17, 15) is 22.8 Å². The molecule has 2 N–H and O–H groups in total. The average Bonchev–Trinajstić information content (AvgIpc) is 4.03. The van der Waals surface area contributed by atoms with Gasteiger partial charge in [-0.3, -0.25) is 14.3 Å². The first kappa shape index (κ1) is 36.4. The average molecular weight is 747 g/mol. The third kappa shape index (κ3) is 6.86. The minimum atomic E-state index is -3.95. The number of sulfonamides is 1. The van der Waals surface area contributed by atoms with Crippen LogP contribution >= 0.6 is 0 Å². The molecule has 1 saturated heterocycles. The van der Waals surface area contributed by atoms with Gasteiger partial charge in [0.1, 0.15) is 29.2 Å².